The first kappa shape index (κ1) is 23.5. The maximum Gasteiger partial charge on any atom is 0.408 e. The summed E-state index contributed by atoms with van der Waals surface area (Å²) in [4.78, 5) is 35.6. The van der Waals surface area contributed by atoms with Crippen LogP contribution in [-0.4, -0.2) is 43.8 Å². The molecule has 0 saturated heterocycles. The minimum absolute atomic E-state index is 0.185. The lowest BCUT2D eigenvalue weighted by Crippen LogP contribution is -2.37. The van der Waals surface area contributed by atoms with E-state index in [2.05, 4.69) is 16.0 Å². The van der Waals surface area contributed by atoms with Crippen LogP contribution in [0, 0.1) is 0 Å². The second-order valence-corrected chi connectivity index (χ2v) is 7.47. The maximum absolute atomic E-state index is 12.1. The van der Waals surface area contributed by atoms with Gasteiger partial charge in [-0.25, -0.2) is 4.79 Å². The van der Waals surface area contributed by atoms with Crippen molar-refractivity contribution in [1.29, 1.82) is 0 Å². The lowest BCUT2D eigenvalue weighted by atomic mass is 10.2. The normalized spacial score (nSPS) is 10.6. The maximum atomic E-state index is 12.1. The van der Waals surface area contributed by atoms with E-state index in [0.717, 1.165) is 0 Å². The Morgan fingerprint density at radius 2 is 1.39 bits per heavy atom. The third-order valence-electron chi connectivity index (χ3n) is 3.67. The fourth-order valence-electron chi connectivity index (χ4n) is 2.39. The van der Waals surface area contributed by atoms with E-state index in [1.807, 2.05) is 0 Å². The number of rotatable bonds is 8. The van der Waals surface area contributed by atoms with E-state index in [0.29, 0.717) is 22.9 Å². The number of hydrogen-bond donors (Lipinski definition) is 3. The highest BCUT2D eigenvalue weighted by atomic mass is 16.6. The van der Waals surface area contributed by atoms with Gasteiger partial charge >= 0.3 is 6.09 Å². The first-order chi connectivity index (χ1) is 14.7. The van der Waals surface area contributed by atoms with Crippen molar-refractivity contribution in [3.05, 3.63) is 48.5 Å². The number of nitrogens with one attached hydrogen (secondary N) is 3. The number of benzene rings is 2. The number of amides is 3. The minimum atomic E-state index is -0.670. The third-order valence-corrected chi connectivity index (χ3v) is 3.67. The summed E-state index contributed by atoms with van der Waals surface area (Å²) >= 11 is 0. The molecule has 2 aromatic rings. The largest absolute Gasteiger partial charge is 0.493 e. The van der Waals surface area contributed by atoms with Crippen LogP contribution in [0.25, 0.3) is 0 Å². The van der Waals surface area contributed by atoms with Crippen molar-refractivity contribution in [2.24, 2.45) is 0 Å². The first-order valence-corrected chi connectivity index (χ1v) is 9.59. The van der Waals surface area contributed by atoms with Gasteiger partial charge in [-0.05, 0) is 57.2 Å². The van der Waals surface area contributed by atoms with Crippen LogP contribution in [0.4, 0.5) is 16.2 Å². The Labute approximate surface area is 181 Å². The van der Waals surface area contributed by atoms with Gasteiger partial charge in [0.25, 0.3) is 5.91 Å². The Balaban J connectivity index is 1.77. The van der Waals surface area contributed by atoms with Crippen molar-refractivity contribution in [3.63, 3.8) is 0 Å². The number of ether oxygens (including phenoxy) is 3. The monoisotopic (exact) mass is 429 g/mol. The standard InChI is InChI=1S/C22H27N3O6/c1-22(2,3)31-21(28)23-13-19(26)24-15-9-11-16(12-10-15)25-20(27)14-30-18-8-6-5-7-17(18)29-4/h5-12H,13-14H2,1-4H3,(H,23,28)(H,24,26)(H,25,27). The van der Waals surface area contributed by atoms with Crippen LogP contribution in [0.3, 0.4) is 0 Å². The fraction of sp³-hybridized carbons (Fsp3) is 0.318. The van der Waals surface area contributed by atoms with Gasteiger partial charge in [-0.1, -0.05) is 12.1 Å². The molecule has 3 amide bonds. The molecule has 166 valence electrons. The molecule has 0 spiro atoms. The number of carbonyl (C=O) groups excluding carboxylic acids is 3. The molecule has 0 saturated carbocycles. The van der Waals surface area contributed by atoms with Gasteiger partial charge < -0.3 is 30.2 Å². The number of hydrogen-bond acceptors (Lipinski definition) is 6. The summed E-state index contributed by atoms with van der Waals surface area (Å²) in [5.41, 5.74) is 0.414. The number of methoxy groups -OCH3 is 1. The molecule has 0 bridgehead atoms. The topological polar surface area (TPSA) is 115 Å². The summed E-state index contributed by atoms with van der Waals surface area (Å²) < 4.78 is 15.7. The molecule has 0 radical (unpaired) electrons. The SMILES string of the molecule is COc1ccccc1OCC(=O)Nc1ccc(NC(=O)CNC(=O)OC(C)(C)C)cc1. The molecule has 31 heavy (non-hydrogen) atoms. The van der Waals surface area contributed by atoms with Crippen LogP contribution in [-0.2, 0) is 14.3 Å². The quantitative estimate of drug-likeness (QED) is 0.594. The average Bonchev–Trinajstić information content (AvgIpc) is 2.71. The van der Waals surface area contributed by atoms with Crippen molar-refractivity contribution in [1.82, 2.24) is 5.32 Å². The molecule has 9 nitrogen and oxygen atoms in total. The summed E-state index contributed by atoms with van der Waals surface area (Å²) in [6.07, 6.45) is -0.670. The van der Waals surface area contributed by atoms with E-state index in [1.54, 1.807) is 69.3 Å². The lowest BCUT2D eigenvalue weighted by Gasteiger charge is -2.19. The van der Waals surface area contributed by atoms with Crippen molar-refractivity contribution < 1.29 is 28.6 Å². The molecule has 2 aromatic carbocycles. The Hall–Kier alpha value is -3.75. The predicted octanol–water partition coefficient (Wildman–Crippen LogP) is 3.18. The third kappa shape index (κ3) is 8.65. The Bertz CT molecular complexity index is 906. The fourth-order valence-corrected chi connectivity index (χ4v) is 2.39. The van der Waals surface area contributed by atoms with Crippen LogP contribution >= 0.6 is 0 Å². The highest BCUT2D eigenvalue weighted by Gasteiger charge is 2.16. The molecule has 0 heterocycles. The summed E-state index contributed by atoms with van der Waals surface area (Å²) in [6, 6.07) is 13.6. The molecule has 3 N–H and O–H groups in total. The van der Waals surface area contributed by atoms with Gasteiger partial charge in [-0.2, -0.15) is 0 Å². The average molecular weight is 429 g/mol. The van der Waals surface area contributed by atoms with Gasteiger partial charge in [0.2, 0.25) is 5.91 Å². The van der Waals surface area contributed by atoms with E-state index in [1.165, 1.54) is 7.11 Å². The van der Waals surface area contributed by atoms with Gasteiger partial charge in [0, 0.05) is 11.4 Å². The summed E-state index contributed by atoms with van der Waals surface area (Å²) in [6.45, 7) is 4.79. The highest BCUT2D eigenvalue weighted by molar-refractivity contribution is 5.95. The van der Waals surface area contributed by atoms with Gasteiger partial charge in [0.05, 0.1) is 7.11 Å². The molecule has 0 aromatic heterocycles. The van der Waals surface area contributed by atoms with Crippen LogP contribution in [0.2, 0.25) is 0 Å². The Morgan fingerprint density at radius 1 is 0.839 bits per heavy atom. The Morgan fingerprint density at radius 3 is 1.94 bits per heavy atom. The van der Waals surface area contributed by atoms with Crippen LogP contribution in [0.5, 0.6) is 11.5 Å². The van der Waals surface area contributed by atoms with Gasteiger partial charge in [0.15, 0.2) is 18.1 Å². The minimum Gasteiger partial charge on any atom is -0.493 e. The van der Waals surface area contributed by atoms with Crippen LogP contribution in [0.15, 0.2) is 48.5 Å². The zero-order valence-electron chi connectivity index (χ0n) is 18.0. The molecular formula is C22H27N3O6. The molecule has 0 atom stereocenters. The first-order valence-electron chi connectivity index (χ1n) is 9.59. The van der Waals surface area contributed by atoms with Crippen molar-refractivity contribution in [2.75, 3.05) is 30.9 Å². The van der Waals surface area contributed by atoms with Crippen molar-refractivity contribution in [2.45, 2.75) is 26.4 Å². The molecule has 0 fully saturated rings. The van der Waals surface area contributed by atoms with Crippen LogP contribution < -0.4 is 25.4 Å². The molecule has 0 aliphatic heterocycles. The molecular weight excluding hydrogens is 402 g/mol. The lowest BCUT2D eigenvalue weighted by molar-refractivity contribution is -0.118. The molecule has 2 rings (SSSR count). The van der Waals surface area contributed by atoms with Gasteiger partial charge in [-0.15, -0.1) is 0 Å². The van der Waals surface area contributed by atoms with E-state index in [-0.39, 0.29) is 19.1 Å². The zero-order valence-corrected chi connectivity index (χ0v) is 18.0. The smallest absolute Gasteiger partial charge is 0.408 e. The van der Waals surface area contributed by atoms with E-state index >= 15 is 0 Å². The number of carbonyl (C=O) groups is 3. The van der Waals surface area contributed by atoms with Gasteiger partial charge in [0.1, 0.15) is 12.1 Å². The van der Waals surface area contributed by atoms with E-state index < -0.39 is 17.6 Å². The zero-order chi connectivity index (χ0) is 22.9. The predicted molar refractivity (Wildman–Crippen MR) is 116 cm³/mol. The van der Waals surface area contributed by atoms with Gasteiger partial charge in [-0.3, -0.25) is 9.59 Å². The summed E-state index contributed by atoms with van der Waals surface area (Å²) in [5, 5.41) is 7.72. The summed E-state index contributed by atoms with van der Waals surface area (Å²) in [5.74, 6) is 0.256. The molecule has 9 heteroatoms. The second-order valence-electron chi connectivity index (χ2n) is 7.47. The highest BCUT2D eigenvalue weighted by Crippen LogP contribution is 2.25. The van der Waals surface area contributed by atoms with E-state index in [4.69, 9.17) is 14.2 Å². The summed E-state index contributed by atoms with van der Waals surface area (Å²) in [7, 11) is 1.52. The Kier molecular flexibility index (Phi) is 8.25. The van der Waals surface area contributed by atoms with Crippen LogP contribution in [0.1, 0.15) is 20.8 Å². The number of anilines is 2. The number of para-hydroxylation sites is 2. The molecule has 0 aliphatic rings. The second kappa shape index (κ2) is 10.9. The molecule has 0 unspecified atom stereocenters. The van der Waals surface area contributed by atoms with Crippen molar-refractivity contribution >= 4 is 29.3 Å². The van der Waals surface area contributed by atoms with Crippen molar-refractivity contribution in [3.8, 4) is 11.5 Å². The number of alkyl carbamates (subject to hydrolysis) is 1. The molecule has 0 aliphatic carbocycles. The van der Waals surface area contributed by atoms with E-state index in [9.17, 15) is 14.4 Å².